The van der Waals surface area contributed by atoms with E-state index < -0.39 is 5.82 Å². The number of hydrogen-bond donors (Lipinski definition) is 2. The van der Waals surface area contributed by atoms with Crippen molar-refractivity contribution in [2.75, 3.05) is 16.4 Å². The van der Waals surface area contributed by atoms with E-state index in [1.807, 2.05) is 19.1 Å². The van der Waals surface area contributed by atoms with Gasteiger partial charge in [-0.15, -0.1) is 10.2 Å². The van der Waals surface area contributed by atoms with Crippen molar-refractivity contribution >= 4 is 35.0 Å². The topological polar surface area (TPSA) is 97.1 Å². The molecule has 0 saturated heterocycles. The summed E-state index contributed by atoms with van der Waals surface area (Å²) in [6, 6.07) is 20.2. The van der Waals surface area contributed by atoms with Crippen molar-refractivity contribution in [3.05, 3.63) is 89.7 Å². The molecule has 7 nitrogen and oxygen atoms in total. The third kappa shape index (κ3) is 5.64. The van der Waals surface area contributed by atoms with Gasteiger partial charge in [-0.05, 0) is 48.9 Å². The molecule has 0 aliphatic rings. The Morgan fingerprint density at radius 3 is 2.52 bits per heavy atom. The average Bonchev–Trinajstić information content (AvgIpc) is 3.29. The molecule has 4 rings (SSSR count). The van der Waals surface area contributed by atoms with E-state index in [9.17, 15) is 14.0 Å². The number of thioether (sulfide) groups is 1. The average molecular weight is 463 g/mol. The summed E-state index contributed by atoms with van der Waals surface area (Å²) in [6.07, 6.45) is 0. The lowest BCUT2D eigenvalue weighted by atomic mass is 10.1. The van der Waals surface area contributed by atoms with Gasteiger partial charge in [0.25, 0.3) is 17.0 Å². The van der Waals surface area contributed by atoms with Gasteiger partial charge in [-0.2, -0.15) is 0 Å². The number of carbonyl (C=O) groups excluding carboxylic acids is 2. The van der Waals surface area contributed by atoms with Crippen LogP contribution in [0.3, 0.4) is 0 Å². The molecule has 0 radical (unpaired) electrons. The van der Waals surface area contributed by atoms with Gasteiger partial charge in [0.1, 0.15) is 5.82 Å². The normalized spacial score (nSPS) is 10.6. The molecule has 2 amide bonds. The van der Waals surface area contributed by atoms with Crippen LogP contribution in [0.1, 0.15) is 15.9 Å². The Kier molecular flexibility index (Phi) is 6.80. The van der Waals surface area contributed by atoms with Crippen LogP contribution in [0.15, 0.2) is 82.4 Å². The van der Waals surface area contributed by atoms with Crippen LogP contribution in [0.2, 0.25) is 0 Å². The molecular weight excluding hydrogens is 443 g/mol. The predicted molar refractivity (Wildman–Crippen MR) is 125 cm³/mol. The first kappa shape index (κ1) is 22.2. The standard InChI is InChI=1S/C24H19FN4O3S/c1-15-11-12-17(13-20(15)27-22(31)16-7-3-2-4-8-16)26-21(30)14-33-24-29-28-23(32-24)18-9-5-6-10-19(18)25/h2-13H,14H2,1H3,(H,26,30)(H,27,31). The highest BCUT2D eigenvalue weighted by atomic mass is 32.2. The minimum atomic E-state index is -0.468. The number of halogens is 1. The highest BCUT2D eigenvalue weighted by Gasteiger charge is 2.14. The maximum Gasteiger partial charge on any atom is 0.277 e. The zero-order valence-corrected chi connectivity index (χ0v) is 18.4. The predicted octanol–water partition coefficient (Wildman–Crippen LogP) is 5.17. The first-order chi connectivity index (χ1) is 16.0. The summed E-state index contributed by atoms with van der Waals surface area (Å²) in [7, 11) is 0. The van der Waals surface area contributed by atoms with Crippen molar-refractivity contribution in [2.45, 2.75) is 12.1 Å². The number of nitrogens with one attached hydrogen (secondary N) is 2. The molecule has 0 aliphatic carbocycles. The van der Waals surface area contributed by atoms with Gasteiger partial charge in [-0.1, -0.05) is 48.2 Å². The van der Waals surface area contributed by atoms with E-state index in [4.69, 9.17) is 4.42 Å². The van der Waals surface area contributed by atoms with E-state index in [2.05, 4.69) is 20.8 Å². The SMILES string of the molecule is Cc1ccc(NC(=O)CSc2nnc(-c3ccccc3F)o2)cc1NC(=O)c1ccccc1. The molecule has 0 unspecified atom stereocenters. The molecule has 166 valence electrons. The quantitative estimate of drug-likeness (QED) is 0.368. The zero-order valence-electron chi connectivity index (χ0n) is 17.5. The third-order valence-electron chi connectivity index (χ3n) is 4.64. The van der Waals surface area contributed by atoms with Crippen LogP contribution in [-0.2, 0) is 4.79 Å². The molecular formula is C24H19FN4O3S. The number of carbonyl (C=O) groups is 2. The Hall–Kier alpha value is -3.98. The van der Waals surface area contributed by atoms with Crippen molar-refractivity contribution in [1.29, 1.82) is 0 Å². The van der Waals surface area contributed by atoms with Crippen LogP contribution < -0.4 is 10.6 Å². The summed E-state index contributed by atoms with van der Waals surface area (Å²) < 4.78 is 19.3. The van der Waals surface area contributed by atoms with Crippen molar-refractivity contribution in [3.63, 3.8) is 0 Å². The number of aryl methyl sites for hydroxylation is 1. The zero-order chi connectivity index (χ0) is 23.2. The molecule has 33 heavy (non-hydrogen) atoms. The molecule has 1 aromatic heterocycles. The summed E-state index contributed by atoms with van der Waals surface area (Å²) in [5.41, 5.74) is 2.73. The van der Waals surface area contributed by atoms with E-state index in [0.717, 1.165) is 17.3 Å². The summed E-state index contributed by atoms with van der Waals surface area (Å²) in [5.74, 6) is -0.939. The van der Waals surface area contributed by atoms with E-state index >= 15 is 0 Å². The number of hydrogen-bond acceptors (Lipinski definition) is 6. The molecule has 0 spiro atoms. The first-order valence-corrected chi connectivity index (χ1v) is 11.0. The molecule has 0 atom stereocenters. The van der Waals surface area contributed by atoms with Crippen molar-refractivity contribution in [3.8, 4) is 11.5 Å². The highest BCUT2D eigenvalue weighted by Crippen LogP contribution is 2.26. The molecule has 4 aromatic rings. The molecule has 2 N–H and O–H groups in total. The van der Waals surface area contributed by atoms with Crippen LogP contribution in [0.5, 0.6) is 0 Å². The molecule has 3 aromatic carbocycles. The Balaban J connectivity index is 1.36. The van der Waals surface area contributed by atoms with Gasteiger partial charge >= 0.3 is 0 Å². The maximum atomic E-state index is 13.9. The van der Waals surface area contributed by atoms with Gasteiger partial charge in [-0.25, -0.2) is 4.39 Å². The van der Waals surface area contributed by atoms with Gasteiger partial charge in [0, 0.05) is 16.9 Å². The summed E-state index contributed by atoms with van der Waals surface area (Å²) in [5, 5.41) is 13.5. The summed E-state index contributed by atoms with van der Waals surface area (Å²) in [6.45, 7) is 1.87. The van der Waals surface area contributed by atoms with Crippen LogP contribution in [0.25, 0.3) is 11.5 Å². The molecule has 0 saturated carbocycles. The van der Waals surface area contributed by atoms with Gasteiger partial charge in [0.15, 0.2) is 0 Å². The monoisotopic (exact) mass is 462 g/mol. The number of aromatic nitrogens is 2. The molecule has 1 heterocycles. The lowest BCUT2D eigenvalue weighted by molar-refractivity contribution is -0.113. The van der Waals surface area contributed by atoms with Crippen molar-refractivity contribution in [2.24, 2.45) is 0 Å². The highest BCUT2D eigenvalue weighted by molar-refractivity contribution is 7.99. The fourth-order valence-electron chi connectivity index (χ4n) is 2.95. The number of benzene rings is 3. The van der Waals surface area contributed by atoms with Gasteiger partial charge in [-0.3, -0.25) is 9.59 Å². The van der Waals surface area contributed by atoms with Crippen molar-refractivity contribution < 1.29 is 18.4 Å². The number of anilines is 2. The molecule has 0 bridgehead atoms. The second kappa shape index (κ2) is 10.1. The van der Waals surface area contributed by atoms with E-state index in [1.165, 1.54) is 12.1 Å². The Morgan fingerprint density at radius 2 is 1.73 bits per heavy atom. The second-order valence-corrected chi connectivity index (χ2v) is 7.97. The number of rotatable bonds is 7. The van der Waals surface area contributed by atoms with E-state index in [-0.39, 0.29) is 34.2 Å². The van der Waals surface area contributed by atoms with Crippen LogP contribution >= 0.6 is 11.8 Å². The first-order valence-electron chi connectivity index (χ1n) is 9.98. The molecule has 0 aliphatic heterocycles. The second-order valence-electron chi connectivity index (χ2n) is 7.04. The fraction of sp³-hybridized carbons (Fsp3) is 0.0833. The third-order valence-corrected chi connectivity index (χ3v) is 5.46. The lowest BCUT2D eigenvalue weighted by Gasteiger charge is -2.11. The van der Waals surface area contributed by atoms with Gasteiger partial charge in [0.05, 0.1) is 11.3 Å². The van der Waals surface area contributed by atoms with E-state index in [1.54, 1.807) is 48.5 Å². The minimum Gasteiger partial charge on any atom is -0.411 e. The van der Waals surface area contributed by atoms with Crippen LogP contribution in [0, 0.1) is 12.7 Å². The van der Waals surface area contributed by atoms with Crippen LogP contribution in [0.4, 0.5) is 15.8 Å². The number of amides is 2. The largest absolute Gasteiger partial charge is 0.411 e. The lowest BCUT2D eigenvalue weighted by Crippen LogP contribution is -2.15. The molecule has 9 heteroatoms. The van der Waals surface area contributed by atoms with E-state index in [0.29, 0.717) is 16.9 Å². The number of nitrogens with zero attached hydrogens (tertiary/aromatic N) is 2. The van der Waals surface area contributed by atoms with Crippen molar-refractivity contribution in [1.82, 2.24) is 10.2 Å². The Labute approximate surface area is 193 Å². The molecule has 0 fully saturated rings. The maximum absolute atomic E-state index is 13.9. The fourth-order valence-corrected chi connectivity index (χ4v) is 3.52. The smallest absolute Gasteiger partial charge is 0.277 e. The van der Waals surface area contributed by atoms with Gasteiger partial charge in [0.2, 0.25) is 5.91 Å². The van der Waals surface area contributed by atoms with Crippen LogP contribution in [-0.4, -0.2) is 27.8 Å². The summed E-state index contributed by atoms with van der Waals surface area (Å²) >= 11 is 1.04. The minimum absolute atomic E-state index is 0.0124. The summed E-state index contributed by atoms with van der Waals surface area (Å²) in [4.78, 5) is 24.8. The van der Waals surface area contributed by atoms with Gasteiger partial charge < -0.3 is 15.1 Å². The Morgan fingerprint density at radius 1 is 0.970 bits per heavy atom. The Bertz CT molecular complexity index is 1290.